The molecule has 5 rings (SSSR count). The monoisotopic (exact) mass is 480 g/mol. The lowest BCUT2D eigenvalue weighted by molar-refractivity contribution is -0.182. The zero-order valence-electron chi connectivity index (χ0n) is 19.1. The maximum absolute atomic E-state index is 13.4. The molecule has 34 heavy (non-hydrogen) atoms. The third kappa shape index (κ3) is 5.10. The minimum absolute atomic E-state index is 0.00115. The minimum atomic E-state index is -4.20. The highest BCUT2D eigenvalue weighted by atomic mass is 32.2. The second-order valence-electron chi connectivity index (χ2n) is 9.92. The van der Waals surface area contributed by atoms with Crippen LogP contribution in [0.15, 0.2) is 12.1 Å². The second-order valence-corrected chi connectivity index (χ2v) is 11.5. The standard InChI is InChI=1S/C23H27B3O7S/c24-10-14-5-17(11-25)19(12-26)18(6-14)21(27)33-23-7-13-3-15(8-23)20(16(4-13)9-23)22(28)32-1-2-34(29,30)31/h5-6,13,15-16,20H,1-4,7-12H2,(H,29,30,31). The fourth-order valence-electron chi connectivity index (χ4n) is 6.58. The molecule has 0 saturated heterocycles. The van der Waals surface area contributed by atoms with E-state index in [4.69, 9.17) is 37.6 Å². The van der Waals surface area contributed by atoms with Crippen molar-refractivity contribution in [2.24, 2.45) is 23.7 Å². The first-order valence-electron chi connectivity index (χ1n) is 11.7. The lowest BCUT2D eigenvalue weighted by Gasteiger charge is -2.58. The third-order valence-corrected chi connectivity index (χ3v) is 8.35. The van der Waals surface area contributed by atoms with Gasteiger partial charge < -0.3 is 9.47 Å². The highest BCUT2D eigenvalue weighted by Gasteiger charge is 2.59. The zero-order valence-corrected chi connectivity index (χ0v) is 19.9. The van der Waals surface area contributed by atoms with Gasteiger partial charge in [0.05, 0.1) is 35.0 Å². The minimum Gasteiger partial charge on any atom is -0.464 e. The van der Waals surface area contributed by atoms with Crippen LogP contribution < -0.4 is 0 Å². The molecular weight excluding hydrogens is 453 g/mol. The van der Waals surface area contributed by atoms with E-state index in [1.807, 2.05) is 6.07 Å². The molecule has 4 bridgehead atoms. The van der Waals surface area contributed by atoms with Gasteiger partial charge in [-0.2, -0.15) is 8.42 Å². The number of carbonyl (C=O) groups excluding carboxylic acids is 2. The molecule has 0 spiro atoms. The lowest BCUT2D eigenvalue weighted by Crippen LogP contribution is -2.58. The summed E-state index contributed by atoms with van der Waals surface area (Å²) in [4.78, 5) is 26.1. The van der Waals surface area contributed by atoms with Crippen LogP contribution in [0.5, 0.6) is 0 Å². The molecule has 1 aromatic rings. The van der Waals surface area contributed by atoms with Crippen molar-refractivity contribution in [2.75, 3.05) is 12.4 Å². The van der Waals surface area contributed by atoms with Crippen LogP contribution in [0.4, 0.5) is 0 Å². The molecule has 4 aliphatic carbocycles. The molecule has 4 fully saturated rings. The molecule has 7 nitrogen and oxygen atoms in total. The van der Waals surface area contributed by atoms with Gasteiger partial charge in [-0.3, -0.25) is 9.35 Å². The fourth-order valence-corrected chi connectivity index (χ4v) is 6.87. The number of carbonyl (C=O) groups is 2. The van der Waals surface area contributed by atoms with Crippen molar-refractivity contribution < 1.29 is 32.0 Å². The van der Waals surface area contributed by atoms with E-state index >= 15 is 0 Å². The Bertz CT molecular complexity index is 1060. The molecule has 1 N–H and O–H groups in total. The molecule has 0 aliphatic heterocycles. The Morgan fingerprint density at radius 1 is 1.03 bits per heavy atom. The van der Waals surface area contributed by atoms with Gasteiger partial charge in [0, 0.05) is 0 Å². The van der Waals surface area contributed by atoms with E-state index in [0.717, 1.165) is 30.4 Å². The van der Waals surface area contributed by atoms with Crippen LogP contribution in [0.25, 0.3) is 0 Å². The van der Waals surface area contributed by atoms with Gasteiger partial charge in [0.1, 0.15) is 18.0 Å². The first-order chi connectivity index (χ1) is 16.1. The van der Waals surface area contributed by atoms with Crippen LogP contribution in [0.1, 0.15) is 59.2 Å². The van der Waals surface area contributed by atoms with Gasteiger partial charge in [-0.05, 0) is 61.5 Å². The van der Waals surface area contributed by atoms with Gasteiger partial charge in [-0.25, -0.2) is 4.79 Å². The molecule has 2 unspecified atom stereocenters. The number of ether oxygens (including phenoxy) is 2. The van der Waals surface area contributed by atoms with Crippen molar-refractivity contribution in [1.29, 1.82) is 0 Å². The van der Waals surface area contributed by atoms with Gasteiger partial charge >= 0.3 is 11.9 Å². The normalized spacial score (nSPS) is 29.7. The van der Waals surface area contributed by atoms with Crippen molar-refractivity contribution in [3.05, 3.63) is 34.4 Å². The van der Waals surface area contributed by atoms with Crippen LogP contribution >= 0.6 is 0 Å². The summed E-state index contributed by atoms with van der Waals surface area (Å²) in [6, 6.07) is 3.58. The van der Waals surface area contributed by atoms with Crippen molar-refractivity contribution >= 4 is 45.6 Å². The molecular formula is C23H27B3O7S. The summed E-state index contributed by atoms with van der Waals surface area (Å²) in [7, 11) is 13.4. The number of rotatable bonds is 9. The first kappa shape index (κ1) is 25.4. The first-order valence-corrected chi connectivity index (χ1v) is 13.3. The molecule has 2 atom stereocenters. The molecule has 0 aromatic heterocycles. The number of esters is 2. The zero-order chi connectivity index (χ0) is 24.7. The Balaban J connectivity index is 1.50. The van der Waals surface area contributed by atoms with E-state index in [9.17, 15) is 18.0 Å². The molecule has 0 heterocycles. The van der Waals surface area contributed by atoms with Gasteiger partial charge in [-0.15, -0.1) is 0 Å². The molecule has 4 saturated carbocycles. The summed E-state index contributed by atoms with van der Waals surface area (Å²) in [6.07, 6.45) is 4.22. The number of hydrogen-bond acceptors (Lipinski definition) is 6. The van der Waals surface area contributed by atoms with E-state index in [1.165, 1.54) is 0 Å². The summed E-state index contributed by atoms with van der Waals surface area (Å²) in [5, 5.41) is 0. The van der Waals surface area contributed by atoms with Crippen LogP contribution in [0.3, 0.4) is 0 Å². The Labute approximate surface area is 204 Å². The lowest BCUT2D eigenvalue weighted by atomic mass is 9.50. The second kappa shape index (κ2) is 9.73. The van der Waals surface area contributed by atoms with Crippen LogP contribution in [0.2, 0.25) is 0 Å². The molecule has 0 amide bonds. The average molecular weight is 480 g/mol. The van der Waals surface area contributed by atoms with Crippen LogP contribution in [-0.2, 0) is 43.3 Å². The fraction of sp³-hybridized carbons (Fsp3) is 0.652. The molecule has 6 radical (unpaired) electrons. The van der Waals surface area contributed by atoms with E-state index in [2.05, 4.69) is 0 Å². The molecule has 1 aromatic carbocycles. The summed E-state index contributed by atoms with van der Waals surface area (Å²) < 4.78 is 42.1. The van der Waals surface area contributed by atoms with Crippen molar-refractivity contribution in [3.8, 4) is 0 Å². The summed E-state index contributed by atoms with van der Waals surface area (Å²) in [5.41, 5.74) is 1.96. The predicted molar refractivity (Wildman–Crippen MR) is 127 cm³/mol. The molecule has 11 heteroatoms. The third-order valence-electron chi connectivity index (χ3n) is 7.67. The van der Waals surface area contributed by atoms with Crippen molar-refractivity contribution in [1.82, 2.24) is 0 Å². The smallest absolute Gasteiger partial charge is 0.338 e. The quantitative estimate of drug-likeness (QED) is 0.324. The van der Waals surface area contributed by atoms with Gasteiger partial charge in [0.25, 0.3) is 10.1 Å². The summed E-state index contributed by atoms with van der Waals surface area (Å²) in [5.74, 6) is -1.50. The van der Waals surface area contributed by atoms with E-state index in [1.54, 1.807) is 6.07 Å². The SMILES string of the molecule is [B]Cc1cc(C[B])c(C[B])c(C(=O)OC23CC4CC(C2)C(C(=O)OCCS(=O)(=O)O)C(C4)C3)c1. The predicted octanol–water partition coefficient (Wildman–Crippen LogP) is 1.47. The van der Waals surface area contributed by atoms with Crippen molar-refractivity contribution in [2.45, 2.75) is 56.7 Å². The number of hydrogen-bond donors (Lipinski definition) is 1. The summed E-state index contributed by atoms with van der Waals surface area (Å²) >= 11 is 0. The maximum atomic E-state index is 13.4. The Hall–Kier alpha value is -1.74. The maximum Gasteiger partial charge on any atom is 0.338 e. The Kier molecular flexibility index (Phi) is 7.25. The highest BCUT2D eigenvalue weighted by molar-refractivity contribution is 7.85. The van der Waals surface area contributed by atoms with Crippen LogP contribution in [-0.4, -0.2) is 66.4 Å². The summed E-state index contributed by atoms with van der Waals surface area (Å²) in [6.45, 7) is -0.375. The largest absolute Gasteiger partial charge is 0.464 e. The molecule has 4 aliphatic rings. The Morgan fingerprint density at radius 3 is 2.26 bits per heavy atom. The Morgan fingerprint density at radius 2 is 1.71 bits per heavy atom. The topological polar surface area (TPSA) is 107 Å². The average Bonchev–Trinajstić information content (AvgIpc) is 2.76. The van der Waals surface area contributed by atoms with E-state index in [0.29, 0.717) is 29.9 Å². The van der Waals surface area contributed by atoms with E-state index in [-0.39, 0.29) is 43.3 Å². The number of benzene rings is 1. The van der Waals surface area contributed by atoms with Crippen LogP contribution in [0, 0.1) is 23.7 Å². The van der Waals surface area contributed by atoms with Gasteiger partial charge in [0.15, 0.2) is 0 Å². The van der Waals surface area contributed by atoms with Gasteiger partial charge in [-0.1, -0.05) is 36.2 Å². The van der Waals surface area contributed by atoms with E-state index < -0.39 is 33.4 Å². The van der Waals surface area contributed by atoms with Crippen molar-refractivity contribution in [3.63, 3.8) is 0 Å². The molecule has 176 valence electrons. The van der Waals surface area contributed by atoms with Gasteiger partial charge in [0.2, 0.25) is 0 Å². The highest BCUT2D eigenvalue weighted by Crippen LogP contribution is 2.60.